The average Bonchev–Trinajstić information content (AvgIpc) is 3.48. The number of aromatic nitrogens is 2. The van der Waals surface area contributed by atoms with Crippen molar-refractivity contribution in [2.75, 3.05) is 38.1 Å². The largest absolute Gasteiger partial charge is 0.393 e. The molecule has 3 amide bonds. The number of piperazine rings is 1. The van der Waals surface area contributed by atoms with Crippen LogP contribution in [0, 0.1) is 0 Å². The van der Waals surface area contributed by atoms with Crippen LogP contribution in [0.25, 0.3) is 0 Å². The van der Waals surface area contributed by atoms with Crippen LogP contribution in [0.4, 0.5) is 16.4 Å². The summed E-state index contributed by atoms with van der Waals surface area (Å²) in [6, 6.07) is 11.9. The number of hydrogen-bond donors (Lipinski definition) is 2. The number of fused-ring (bicyclic) bond motifs is 1. The molecule has 1 saturated heterocycles. The van der Waals surface area contributed by atoms with Gasteiger partial charge in [-0.05, 0) is 42.8 Å². The molecule has 222 valence electrons. The molecule has 0 bridgehead atoms. The number of imidazole rings is 1. The van der Waals surface area contributed by atoms with E-state index in [1.165, 1.54) is 26.2 Å². The first-order valence-corrected chi connectivity index (χ1v) is 16.0. The van der Waals surface area contributed by atoms with Crippen LogP contribution in [-0.2, 0) is 26.8 Å². The molecule has 11 nitrogen and oxygen atoms in total. The highest BCUT2D eigenvalue weighted by atomic mass is 79.9. The van der Waals surface area contributed by atoms with Gasteiger partial charge in [-0.15, -0.1) is 0 Å². The van der Waals surface area contributed by atoms with Gasteiger partial charge in [-0.25, -0.2) is 23.1 Å². The molecule has 2 aliphatic heterocycles. The first kappa shape index (κ1) is 30.4. The van der Waals surface area contributed by atoms with Gasteiger partial charge in [-0.2, -0.15) is 4.31 Å². The summed E-state index contributed by atoms with van der Waals surface area (Å²) in [5, 5.41) is 5.95. The van der Waals surface area contributed by atoms with Crippen LogP contribution in [0.15, 0.2) is 70.6 Å². The smallest absolute Gasteiger partial charge is 0.321 e. The molecular formula is C27H28BrCl2N7O4S. The van der Waals surface area contributed by atoms with E-state index in [1.807, 2.05) is 24.3 Å². The molecule has 2 aliphatic rings. The first-order chi connectivity index (χ1) is 20.0. The predicted octanol–water partition coefficient (Wildman–Crippen LogP) is 4.30. The number of nitrogens with zero attached hydrogens (tertiary/aromatic N) is 5. The maximum Gasteiger partial charge on any atom is 0.321 e. The van der Waals surface area contributed by atoms with Crippen LogP contribution in [-0.4, -0.2) is 72.3 Å². The number of nitrogens with one attached hydrogen (secondary N) is 2. The Hall–Kier alpha value is -3.10. The molecule has 3 heterocycles. The van der Waals surface area contributed by atoms with Gasteiger partial charge in [-0.1, -0.05) is 51.3 Å². The van der Waals surface area contributed by atoms with Crippen molar-refractivity contribution >= 4 is 72.7 Å². The monoisotopic (exact) mass is 695 g/mol. The van der Waals surface area contributed by atoms with Gasteiger partial charge < -0.3 is 15.5 Å². The second-order valence-electron chi connectivity index (χ2n) is 10.0. The van der Waals surface area contributed by atoms with Crippen molar-refractivity contribution in [1.29, 1.82) is 0 Å². The lowest BCUT2D eigenvalue weighted by atomic mass is 9.92. The number of sulfonamides is 1. The van der Waals surface area contributed by atoms with Crippen molar-refractivity contribution in [2.24, 2.45) is 0 Å². The van der Waals surface area contributed by atoms with Gasteiger partial charge in [0.2, 0.25) is 5.95 Å². The lowest BCUT2D eigenvalue weighted by Crippen LogP contribution is -2.53. The molecule has 0 spiro atoms. The third-order valence-corrected chi connectivity index (χ3v) is 10.0. The standard InChI is InChI=1S/C27H28BrCl2N7O4S/c1-27(16-18-3-5-19(28)6-4-18)24(38)36(22-14-20(29)13-21(30)15-22)25-33-17-23(37(25)27)42(40,41)35-11-9-34(10-12-35)26(39)32-8-7-31-2/h3-8,13-15,17,31H,9-12,16H2,1-2H3,(H,32,39)/b8-7-/t27-/m1/s1. The summed E-state index contributed by atoms with van der Waals surface area (Å²) in [5.74, 6) is -0.231. The number of rotatable bonds is 7. The van der Waals surface area contributed by atoms with E-state index in [0.29, 0.717) is 15.7 Å². The van der Waals surface area contributed by atoms with Crippen LogP contribution < -0.4 is 15.5 Å². The Morgan fingerprint density at radius 1 is 1.07 bits per heavy atom. The van der Waals surface area contributed by atoms with E-state index in [1.54, 1.807) is 43.3 Å². The summed E-state index contributed by atoms with van der Waals surface area (Å²) in [6.07, 6.45) is 4.52. The zero-order valence-electron chi connectivity index (χ0n) is 22.7. The second-order valence-corrected chi connectivity index (χ2v) is 13.7. The normalized spacial score (nSPS) is 19.4. The van der Waals surface area contributed by atoms with Crippen LogP contribution >= 0.6 is 39.1 Å². The maximum absolute atomic E-state index is 14.2. The van der Waals surface area contributed by atoms with E-state index in [2.05, 4.69) is 31.5 Å². The van der Waals surface area contributed by atoms with Gasteiger partial charge in [0.15, 0.2) is 5.03 Å². The Kier molecular flexibility index (Phi) is 8.59. The number of carbonyl (C=O) groups excluding carboxylic acids is 2. The Morgan fingerprint density at radius 2 is 1.71 bits per heavy atom. The third-order valence-electron chi connectivity index (χ3n) is 7.22. The Balaban J connectivity index is 1.52. The summed E-state index contributed by atoms with van der Waals surface area (Å²) in [5.41, 5.74) is -0.146. The summed E-state index contributed by atoms with van der Waals surface area (Å²) in [7, 11) is -2.41. The molecule has 0 aliphatic carbocycles. The van der Waals surface area contributed by atoms with Gasteiger partial charge in [0.05, 0.1) is 11.9 Å². The molecule has 42 heavy (non-hydrogen) atoms. The van der Waals surface area contributed by atoms with Crippen LogP contribution in [0.1, 0.15) is 12.5 Å². The highest BCUT2D eigenvalue weighted by Crippen LogP contribution is 2.45. The van der Waals surface area contributed by atoms with Crippen molar-refractivity contribution in [3.63, 3.8) is 0 Å². The highest BCUT2D eigenvalue weighted by molar-refractivity contribution is 9.10. The third kappa shape index (κ3) is 5.63. The molecule has 2 N–H and O–H groups in total. The van der Waals surface area contributed by atoms with Gasteiger partial charge in [0.1, 0.15) is 5.54 Å². The molecule has 0 unspecified atom stereocenters. The number of carbonyl (C=O) groups is 2. The summed E-state index contributed by atoms with van der Waals surface area (Å²) >= 11 is 16.0. The topological polar surface area (TPSA) is 120 Å². The van der Waals surface area contributed by atoms with Gasteiger partial charge in [0.25, 0.3) is 15.9 Å². The SMILES string of the molecule is CN/C=C\NC(=O)N1CCN(S(=O)(=O)c2cnc3n2[C@](C)(Cc2ccc(Br)cc2)C(=O)N3c2cc(Cl)cc(Cl)c2)CC1. The van der Waals surface area contributed by atoms with E-state index in [9.17, 15) is 18.0 Å². The van der Waals surface area contributed by atoms with Crippen molar-refractivity contribution in [3.8, 4) is 0 Å². The molecule has 2 aromatic carbocycles. The Morgan fingerprint density at radius 3 is 2.33 bits per heavy atom. The minimum atomic E-state index is -4.12. The minimum Gasteiger partial charge on any atom is -0.393 e. The molecule has 5 rings (SSSR count). The molecular weight excluding hydrogens is 669 g/mol. The second kappa shape index (κ2) is 11.9. The summed E-state index contributed by atoms with van der Waals surface area (Å²) < 4.78 is 31.9. The average molecular weight is 697 g/mol. The Bertz CT molecular complexity index is 1640. The van der Waals surface area contributed by atoms with Crippen molar-refractivity contribution < 1.29 is 18.0 Å². The van der Waals surface area contributed by atoms with E-state index < -0.39 is 15.6 Å². The van der Waals surface area contributed by atoms with Gasteiger partial charge in [-0.3, -0.25) is 9.36 Å². The van der Waals surface area contributed by atoms with Crippen LogP contribution in [0.5, 0.6) is 0 Å². The zero-order valence-corrected chi connectivity index (χ0v) is 26.6. The van der Waals surface area contributed by atoms with E-state index in [4.69, 9.17) is 23.2 Å². The lowest BCUT2D eigenvalue weighted by molar-refractivity contribution is -0.124. The van der Waals surface area contributed by atoms with Crippen molar-refractivity contribution in [3.05, 3.63) is 81.1 Å². The molecule has 0 saturated carbocycles. The van der Waals surface area contributed by atoms with Crippen molar-refractivity contribution in [1.82, 2.24) is 29.4 Å². The number of halogens is 3. The lowest BCUT2D eigenvalue weighted by Gasteiger charge is -2.34. The molecule has 0 radical (unpaired) electrons. The fourth-order valence-electron chi connectivity index (χ4n) is 5.16. The molecule has 3 aromatic rings. The van der Waals surface area contributed by atoms with E-state index >= 15 is 0 Å². The van der Waals surface area contributed by atoms with Gasteiger partial charge >= 0.3 is 6.03 Å². The first-order valence-electron chi connectivity index (χ1n) is 13.0. The quantitative estimate of drug-likeness (QED) is 0.381. The predicted molar refractivity (Wildman–Crippen MR) is 164 cm³/mol. The minimum absolute atomic E-state index is 0.0804. The van der Waals surface area contributed by atoms with E-state index in [-0.39, 0.29) is 55.5 Å². The fraction of sp³-hybridized carbons (Fsp3) is 0.296. The van der Waals surface area contributed by atoms with Crippen molar-refractivity contribution in [2.45, 2.75) is 23.9 Å². The highest BCUT2D eigenvalue weighted by Gasteiger charge is 2.52. The summed E-state index contributed by atoms with van der Waals surface area (Å²) in [4.78, 5) is 34.0. The number of amides is 3. The van der Waals surface area contributed by atoms with Crippen LogP contribution in [0.2, 0.25) is 10.0 Å². The molecule has 1 aromatic heterocycles. The maximum atomic E-state index is 14.2. The number of urea groups is 1. The fourth-order valence-corrected chi connectivity index (χ4v) is 7.55. The molecule has 15 heteroatoms. The number of anilines is 2. The number of benzene rings is 2. The molecule has 1 atom stereocenters. The van der Waals surface area contributed by atoms with E-state index in [0.717, 1.165) is 10.0 Å². The number of hydrogen-bond acceptors (Lipinski definition) is 6. The van der Waals surface area contributed by atoms with Crippen LogP contribution in [0.3, 0.4) is 0 Å². The zero-order chi connectivity index (χ0) is 30.2. The summed E-state index contributed by atoms with van der Waals surface area (Å²) in [6.45, 7) is 2.26. The Labute approximate surface area is 262 Å². The van der Waals surface area contributed by atoms with Gasteiger partial charge in [0, 0.05) is 66.6 Å². The molecule has 1 fully saturated rings.